The Morgan fingerprint density at radius 1 is 1.04 bits per heavy atom. The summed E-state index contributed by atoms with van der Waals surface area (Å²) in [6, 6.07) is 4.98. The normalized spacial score (nSPS) is 11.6. The summed E-state index contributed by atoms with van der Waals surface area (Å²) in [6.07, 6.45) is 0.319. The van der Waals surface area contributed by atoms with E-state index in [1.54, 1.807) is 30.7 Å². The second kappa shape index (κ2) is 7.67. The number of phenols is 1. The Balaban J connectivity index is 1.72. The first-order valence-electron chi connectivity index (χ1n) is 8.04. The minimum absolute atomic E-state index is 0.231. The number of halogens is 3. The highest BCUT2D eigenvalue weighted by molar-refractivity contribution is 5.71. The van der Waals surface area contributed by atoms with Crippen LogP contribution in [-0.4, -0.2) is 25.3 Å². The highest BCUT2D eigenvalue weighted by Crippen LogP contribution is 2.38. The van der Waals surface area contributed by atoms with Crippen molar-refractivity contribution in [3.8, 4) is 17.0 Å². The minimum Gasteiger partial charge on any atom is -0.507 e. The molecule has 0 amide bonds. The van der Waals surface area contributed by atoms with Crippen molar-refractivity contribution in [1.29, 1.82) is 0 Å². The van der Waals surface area contributed by atoms with Gasteiger partial charge in [0, 0.05) is 37.2 Å². The molecule has 140 valence electrons. The van der Waals surface area contributed by atoms with Gasteiger partial charge in [0.2, 0.25) is 0 Å². The summed E-state index contributed by atoms with van der Waals surface area (Å²) in [5.74, 6) is -0.481. The second-order valence-corrected chi connectivity index (χ2v) is 5.90. The van der Waals surface area contributed by atoms with Crippen molar-refractivity contribution in [2.24, 2.45) is 0 Å². The number of phenolic OH excluding ortho intramolecular Hbond substituents is 1. The van der Waals surface area contributed by atoms with Gasteiger partial charge in [-0.25, -0.2) is 0 Å². The lowest BCUT2D eigenvalue weighted by atomic mass is 10.0. The van der Waals surface area contributed by atoms with Crippen molar-refractivity contribution in [3.05, 3.63) is 65.4 Å². The van der Waals surface area contributed by atoms with E-state index in [-0.39, 0.29) is 11.1 Å². The Bertz CT molecular complexity index is 892. The third-order valence-electron chi connectivity index (χ3n) is 3.85. The smallest absolute Gasteiger partial charge is 0.416 e. The highest BCUT2D eigenvalue weighted by Gasteiger charge is 2.32. The van der Waals surface area contributed by atoms with Crippen LogP contribution >= 0.6 is 0 Å². The molecule has 9 heteroatoms. The maximum atomic E-state index is 12.8. The van der Waals surface area contributed by atoms with Gasteiger partial charge < -0.3 is 10.4 Å². The molecule has 3 rings (SSSR count). The lowest BCUT2D eigenvalue weighted by Crippen LogP contribution is -2.15. The monoisotopic (exact) mass is 375 g/mol. The van der Waals surface area contributed by atoms with Crippen LogP contribution in [0.5, 0.6) is 5.75 Å². The number of aromatic hydroxyl groups is 1. The quantitative estimate of drug-likeness (QED) is 0.712. The number of hydrogen-bond acceptors (Lipinski definition) is 6. The van der Waals surface area contributed by atoms with Crippen molar-refractivity contribution >= 4 is 0 Å². The largest absolute Gasteiger partial charge is 0.507 e. The summed E-state index contributed by atoms with van der Waals surface area (Å²) in [5, 5.41) is 21.3. The molecule has 0 saturated heterocycles. The van der Waals surface area contributed by atoms with E-state index in [4.69, 9.17) is 0 Å². The topological polar surface area (TPSA) is 83.8 Å². The number of nitrogens with one attached hydrogen (secondary N) is 1. The minimum atomic E-state index is -4.52. The van der Waals surface area contributed by atoms with Crippen LogP contribution in [0, 0.1) is 6.92 Å². The average Bonchev–Trinajstić information content (AvgIpc) is 2.62. The summed E-state index contributed by atoms with van der Waals surface area (Å²) in [4.78, 5) is 8.11. The molecule has 0 aliphatic rings. The molecule has 1 aromatic carbocycles. The van der Waals surface area contributed by atoms with Crippen molar-refractivity contribution in [3.63, 3.8) is 0 Å². The van der Waals surface area contributed by atoms with E-state index in [9.17, 15) is 18.3 Å². The fraction of sp³-hybridized carbons (Fsp3) is 0.222. The molecule has 3 aromatic rings. The van der Waals surface area contributed by atoms with E-state index in [1.807, 2.05) is 0 Å². The Hall–Kier alpha value is -3.07. The zero-order valence-corrected chi connectivity index (χ0v) is 14.3. The molecule has 0 atom stereocenters. The molecule has 0 saturated carbocycles. The molecule has 27 heavy (non-hydrogen) atoms. The number of benzene rings is 1. The van der Waals surface area contributed by atoms with Crippen LogP contribution in [0.2, 0.25) is 0 Å². The summed E-state index contributed by atoms with van der Waals surface area (Å²) >= 11 is 0. The van der Waals surface area contributed by atoms with Gasteiger partial charge in [0.05, 0.1) is 22.6 Å². The fourth-order valence-corrected chi connectivity index (χ4v) is 2.59. The van der Waals surface area contributed by atoms with Crippen molar-refractivity contribution in [2.45, 2.75) is 26.2 Å². The number of aromatic nitrogens is 4. The van der Waals surface area contributed by atoms with E-state index in [1.165, 1.54) is 6.92 Å². The van der Waals surface area contributed by atoms with Gasteiger partial charge in [-0.05, 0) is 36.8 Å². The number of hydrogen-bond donors (Lipinski definition) is 2. The molecule has 0 spiro atoms. The van der Waals surface area contributed by atoms with Gasteiger partial charge in [0.15, 0.2) is 0 Å². The Labute approximate surface area is 153 Å². The molecule has 2 heterocycles. The number of nitrogens with zero attached hydrogens (tertiary/aromatic N) is 4. The molecule has 0 aliphatic heterocycles. The molecule has 2 aromatic heterocycles. The summed E-state index contributed by atoms with van der Waals surface area (Å²) in [6.45, 7) is 2.43. The lowest BCUT2D eigenvalue weighted by Gasteiger charge is -2.13. The first kappa shape index (κ1) is 18.7. The van der Waals surface area contributed by atoms with Gasteiger partial charge in [-0.2, -0.15) is 23.4 Å². The van der Waals surface area contributed by atoms with Crippen LogP contribution in [0.1, 0.15) is 22.5 Å². The van der Waals surface area contributed by atoms with E-state index >= 15 is 0 Å². The van der Waals surface area contributed by atoms with Gasteiger partial charge in [-0.3, -0.25) is 9.97 Å². The molecular formula is C18H16F3N5O. The van der Waals surface area contributed by atoms with Crippen LogP contribution in [0.25, 0.3) is 11.3 Å². The van der Waals surface area contributed by atoms with Crippen LogP contribution in [0.15, 0.2) is 42.9 Å². The highest BCUT2D eigenvalue weighted by atomic mass is 19.4. The van der Waals surface area contributed by atoms with E-state index in [2.05, 4.69) is 25.5 Å². The third-order valence-corrected chi connectivity index (χ3v) is 3.85. The third kappa shape index (κ3) is 4.56. The number of rotatable bonds is 5. The maximum Gasteiger partial charge on any atom is 0.416 e. The van der Waals surface area contributed by atoms with Crippen LogP contribution in [0.3, 0.4) is 0 Å². The van der Waals surface area contributed by atoms with Crippen molar-refractivity contribution in [1.82, 2.24) is 25.5 Å². The Kier molecular flexibility index (Phi) is 5.31. The first-order chi connectivity index (χ1) is 12.8. The molecule has 2 N–H and O–H groups in total. The van der Waals surface area contributed by atoms with Crippen molar-refractivity contribution < 1.29 is 18.3 Å². The number of alkyl halides is 3. The van der Waals surface area contributed by atoms with Gasteiger partial charge in [0.1, 0.15) is 5.75 Å². The zero-order valence-electron chi connectivity index (χ0n) is 14.3. The molecule has 0 bridgehead atoms. The molecular weight excluding hydrogens is 359 g/mol. The Morgan fingerprint density at radius 2 is 1.81 bits per heavy atom. The average molecular weight is 375 g/mol. The van der Waals surface area contributed by atoms with Gasteiger partial charge in [0.25, 0.3) is 0 Å². The predicted molar refractivity (Wildman–Crippen MR) is 91.4 cm³/mol. The van der Waals surface area contributed by atoms with Gasteiger partial charge >= 0.3 is 6.18 Å². The number of aryl methyl sites for hydroxylation is 1. The summed E-state index contributed by atoms with van der Waals surface area (Å²) in [7, 11) is 0. The second-order valence-electron chi connectivity index (χ2n) is 5.90. The summed E-state index contributed by atoms with van der Waals surface area (Å²) in [5.41, 5.74) is 1.33. The summed E-state index contributed by atoms with van der Waals surface area (Å²) < 4.78 is 38.5. The van der Waals surface area contributed by atoms with E-state index in [0.29, 0.717) is 30.5 Å². The van der Waals surface area contributed by atoms with Crippen LogP contribution in [-0.2, 0) is 19.3 Å². The van der Waals surface area contributed by atoms with E-state index in [0.717, 1.165) is 11.8 Å². The molecule has 0 unspecified atom stereocenters. The fourth-order valence-electron chi connectivity index (χ4n) is 2.59. The maximum absolute atomic E-state index is 12.8. The van der Waals surface area contributed by atoms with Crippen LogP contribution < -0.4 is 5.32 Å². The standard InChI is InChI=1S/C18H16F3N5O/c1-11-6-12(18(19,20)21)7-16(27)17(11)15-3-2-13(25-26-15)8-23-10-14-9-22-4-5-24-14/h2-7,9,23,27H,8,10H2,1H3. The first-order valence-corrected chi connectivity index (χ1v) is 8.04. The van der Waals surface area contributed by atoms with Gasteiger partial charge in [-0.1, -0.05) is 0 Å². The molecule has 0 radical (unpaired) electrons. The molecule has 0 fully saturated rings. The SMILES string of the molecule is Cc1cc(C(F)(F)F)cc(O)c1-c1ccc(CNCc2cnccn2)nn1. The zero-order chi connectivity index (χ0) is 19.4. The van der Waals surface area contributed by atoms with Crippen LogP contribution in [0.4, 0.5) is 13.2 Å². The van der Waals surface area contributed by atoms with E-state index < -0.39 is 17.5 Å². The van der Waals surface area contributed by atoms with Crippen molar-refractivity contribution in [2.75, 3.05) is 0 Å². The predicted octanol–water partition coefficient (Wildman–Crippen LogP) is 3.26. The Morgan fingerprint density at radius 3 is 2.41 bits per heavy atom. The lowest BCUT2D eigenvalue weighted by molar-refractivity contribution is -0.137. The van der Waals surface area contributed by atoms with Gasteiger partial charge in [-0.15, -0.1) is 0 Å². The molecule has 6 nitrogen and oxygen atoms in total. The molecule has 0 aliphatic carbocycles.